The smallest absolute Gasteiger partial charge is 0.264 e. The lowest BCUT2D eigenvalue weighted by molar-refractivity contribution is 0.0949. The second-order valence-electron chi connectivity index (χ2n) is 6.41. The Bertz CT molecular complexity index is 843. The summed E-state index contributed by atoms with van der Waals surface area (Å²) in [5.41, 5.74) is 1.67. The van der Waals surface area contributed by atoms with Gasteiger partial charge >= 0.3 is 0 Å². The highest BCUT2D eigenvalue weighted by Crippen LogP contribution is 2.25. The van der Waals surface area contributed by atoms with Gasteiger partial charge in [0.1, 0.15) is 0 Å². The first-order valence-corrected chi connectivity index (χ1v) is 9.60. The average molecular weight is 360 g/mol. The van der Waals surface area contributed by atoms with Crippen molar-refractivity contribution in [3.05, 3.63) is 59.7 Å². The molecule has 2 aromatic carbocycles. The molecule has 0 heterocycles. The summed E-state index contributed by atoms with van der Waals surface area (Å²) in [6.45, 7) is 6.43. The maximum Gasteiger partial charge on any atom is 0.264 e. The van der Waals surface area contributed by atoms with E-state index in [9.17, 15) is 13.2 Å². The van der Waals surface area contributed by atoms with Crippen molar-refractivity contribution in [3.63, 3.8) is 0 Å². The number of amides is 1. The second-order valence-corrected chi connectivity index (χ2v) is 8.38. The molecule has 0 spiro atoms. The van der Waals surface area contributed by atoms with E-state index in [1.807, 2.05) is 20.8 Å². The van der Waals surface area contributed by atoms with Gasteiger partial charge in [0.15, 0.2) is 0 Å². The minimum absolute atomic E-state index is 0.193. The van der Waals surface area contributed by atoms with Crippen LogP contribution in [0, 0.1) is 12.8 Å². The maximum atomic E-state index is 12.9. The van der Waals surface area contributed by atoms with Gasteiger partial charge in [0, 0.05) is 13.6 Å². The highest BCUT2D eigenvalue weighted by atomic mass is 32.2. The SMILES string of the molecule is Cc1ccc(S(=O)(=O)N(C)c2ccccc2C(=O)NCC(C)C)cc1. The monoisotopic (exact) mass is 360 g/mol. The fraction of sp³-hybridized carbons (Fsp3) is 0.316. The van der Waals surface area contributed by atoms with Crippen LogP contribution in [-0.4, -0.2) is 27.9 Å². The van der Waals surface area contributed by atoms with E-state index < -0.39 is 10.0 Å². The zero-order valence-electron chi connectivity index (χ0n) is 15.0. The summed E-state index contributed by atoms with van der Waals surface area (Å²) in [4.78, 5) is 12.6. The second kappa shape index (κ2) is 7.70. The van der Waals surface area contributed by atoms with Gasteiger partial charge in [-0.25, -0.2) is 8.42 Å². The molecule has 0 radical (unpaired) electrons. The fourth-order valence-corrected chi connectivity index (χ4v) is 3.54. The number of hydrogen-bond donors (Lipinski definition) is 1. The Balaban J connectivity index is 2.37. The molecule has 0 saturated heterocycles. The molecule has 0 aliphatic heterocycles. The number of rotatable bonds is 6. The maximum absolute atomic E-state index is 12.9. The van der Waals surface area contributed by atoms with Crippen molar-refractivity contribution in [2.24, 2.45) is 5.92 Å². The van der Waals surface area contributed by atoms with Crippen LogP contribution < -0.4 is 9.62 Å². The van der Waals surface area contributed by atoms with Crippen molar-refractivity contribution >= 4 is 21.6 Å². The van der Waals surface area contributed by atoms with Gasteiger partial charge in [-0.2, -0.15) is 0 Å². The fourth-order valence-electron chi connectivity index (χ4n) is 2.33. The van der Waals surface area contributed by atoms with E-state index in [1.54, 1.807) is 48.5 Å². The van der Waals surface area contributed by atoms with E-state index in [-0.39, 0.29) is 10.8 Å². The van der Waals surface area contributed by atoms with E-state index in [0.29, 0.717) is 23.7 Å². The van der Waals surface area contributed by atoms with Crippen LogP contribution in [0.15, 0.2) is 53.4 Å². The third-order valence-corrected chi connectivity index (χ3v) is 5.62. The predicted molar refractivity (Wildman–Crippen MR) is 100 cm³/mol. The summed E-state index contributed by atoms with van der Waals surface area (Å²) >= 11 is 0. The normalized spacial score (nSPS) is 11.4. The van der Waals surface area contributed by atoms with Crippen molar-refractivity contribution in [2.75, 3.05) is 17.9 Å². The molecule has 2 aromatic rings. The van der Waals surface area contributed by atoms with Crippen LogP contribution in [0.3, 0.4) is 0 Å². The molecule has 0 aromatic heterocycles. The van der Waals surface area contributed by atoms with E-state index >= 15 is 0 Å². The van der Waals surface area contributed by atoms with E-state index in [1.165, 1.54) is 7.05 Å². The van der Waals surface area contributed by atoms with Gasteiger partial charge in [0.25, 0.3) is 15.9 Å². The number of sulfonamides is 1. The molecule has 6 heteroatoms. The lowest BCUT2D eigenvalue weighted by atomic mass is 10.1. The quantitative estimate of drug-likeness (QED) is 0.860. The highest BCUT2D eigenvalue weighted by molar-refractivity contribution is 7.92. The molecule has 1 amide bonds. The zero-order chi connectivity index (χ0) is 18.6. The molecule has 0 aliphatic rings. The van der Waals surface area contributed by atoms with Crippen LogP contribution in [0.4, 0.5) is 5.69 Å². The summed E-state index contributed by atoms with van der Waals surface area (Å²) in [6, 6.07) is 13.4. The predicted octanol–water partition coefficient (Wildman–Crippen LogP) is 3.21. The van der Waals surface area contributed by atoms with Gasteiger partial charge < -0.3 is 5.32 Å². The minimum atomic E-state index is -3.74. The van der Waals surface area contributed by atoms with Crippen molar-refractivity contribution in [3.8, 4) is 0 Å². The lowest BCUT2D eigenvalue weighted by Crippen LogP contribution is -2.32. The molecule has 0 aliphatic carbocycles. The molecule has 2 rings (SSSR count). The van der Waals surface area contributed by atoms with Gasteiger partial charge in [0.05, 0.1) is 16.1 Å². The number of nitrogens with zero attached hydrogens (tertiary/aromatic N) is 1. The molecule has 0 saturated carbocycles. The number of para-hydroxylation sites is 1. The number of benzene rings is 2. The van der Waals surface area contributed by atoms with Crippen LogP contribution in [0.25, 0.3) is 0 Å². The van der Waals surface area contributed by atoms with Gasteiger partial charge in [-0.05, 0) is 37.1 Å². The van der Waals surface area contributed by atoms with Crippen molar-refractivity contribution in [1.82, 2.24) is 5.32 Å². The molecule has 0 atom stereocenters. The van der Waals surface area contributed by atoms with Crippen LogP contribution in [0.5, 0.6) is 0 Å². The van der Waals surface area contributed by atoms with Crippen molar-refractivity contribution < 1.29 is 13.2 Å². The zero-order valence-corrected chi connectivity index (χ0v) is 15.8. The molecule has 0 fully saturated rings. The van der Waals surface area contributed by atoms with E-state index in [4.69, 9.17) is 0 Å². The molecule has 0 bridgehead atoms. The topological polar surface area (TPSA) is 66.5 Å². The Morgan fingerprint density at radius 3 is 2.28 bits per heavy atom. The number of anilines is 1. The van der Waals surface area contributed by atoms with Gasteiger partial charge in [0.2, 0.25) is 0 Å². The van der Waals surface area contributed by atoms with Gasteiger partial charge in [-0.1, -0.05) is 43.7 Å². The number of hydrogen-bond acceptors (Lipinski definition) is 3. The van der Waals surface area contributed by atoms with E-state index in [0.717, 1.165) is 9.87 Å². The molecule has 134 valence electrons. The summed E-state index contributed by atoms with van der Waals surface area (Å²) in [5.74, 6) is 0.0281. The van der Waals surface area contributed by atoms with Crippen LogP contribution in [-0.2, 0) is 10.0 Å². The Hall–Kier alpha value is -2.34. The van der Waals surface area contributed by atoms with Crippen LogP contribution >= 0.6 is 0 Å². The Morgan fingerprint density at radius 2 is 1.68 bits per heavy atom. The van der Waals surface area contributed by atoms with E-state index in [2.05, 4.69) is 5.32 Å². The molecule has 0 unspecified atom stereocenters. The van der Waals surface area contributed by atoms with Crippen molar-refractivity contribution in [2.45, 2.75) is 25.7 Å². The summed E-state index contributed by atoms with van der Waals surface area (Å²) in [7, 11) is -2.28. The molecular weight excluding hydrogens is 336 g/mol. The molecule has 25 heavy (non-hydrogen) atoms. The molecule has 1 N–H and O–H groups in total. The first-order chi connectivity index (χ1) is 11.7. The first-order valence-electron chi connectivity index (χ1n) is 8.16. The number of nitrogens with one attached hydrogen (secondary N) is 1. The summed E-state index contributed by atoms with van der Waals surface area (Å²) < 4.78 is 26.9. The van der Waals surface area contributed by atoms with Gasteiger partial charge in [-0.3, -0.25) is 9.10 Å². The summed E-state index contributed by atoms with van der Waals surface area (Å²) in [6.07, 6.45) is 0. The average Bonchev–Trinajstić information content (AvgIpc) is 2.59. The first kappa shape index (κ1) is 19.0. The number of aryl methyl sites for hydroxylation is 1. The largest absolute Gasteiger partial charge is 0.352 e. The Kier molecular flexibility index (Phi) is 5.85. The minimum Gasteiger partial charge on any atom is -0.352 e. The van der Waals surface area contributed by atoms with Crippen molar-refractivity contribution in [1.29, 1.82) is 0 Å². The lowest BCUT2D eigenvalue weighted by Gasteiger charge is -2.22. The summed E-state index contributed by atoms with van der Waals surface area (Å²) in [5, 5.41) is 2.83. The number of carbonyl (C=O) groups excluding carboxylic acids is 1. The molecular formula is C19H24N2O3S. The molecule has 5 nitrogen and oxygen atoms in total. The highest BCUT2D eigenvalue weighted by Gasteiger charge is 2.24. The van der Waals surface area contributed by atoms with Crippen LogP contribution in [0.2, 0.25) is 0 Å². The third-order valence-electron chi connectivity index (χ3n) is 3.84. The Morgan fingerprint density at radius 1 is 1.08 bits per heavy atom. The number of carbonyl (C=O) groups is 1. The third kappa shape index (κ3) is 4.39. The standard InChI is InChI=1S/C19H24N2O3S/c1-14(2)13-20-19(22)17-7-5-6-8-18(17)21(4)25(23,24)16-11-9-15(3)10-12-16/h5-12,14H,13H2,1-4H3,(H,20,22). The Labute approximate surface area is 149 Å². The van der Waals surface area contributed by atoms with Crippen LogP contribution in [0.1, 0.15) is 29.8 Å². The van der Waals surface area contributed by atoms with Gasteiger partial charge in [-0.15, -0.1) is 0 Å².